The molecule has 1 aromatic carbocycles. The molecule has 0 atom stereocenters. The predicted molar refractivity (Wildman–Crippen MR) is 59.4 cm³/mol. The van der Waals surface area contributed by atoms with E-state index in [-0.39, 0.29) is 5.54 Å². The number of nitriles is 1. The van der Waals surface area contributed by atoms with Crippen LogP contribution in [0.5, 0.6) is 0 Å². The Morgan fingerprint density at radius 3 is 2.67 bits per heavy atom. The molecule has 0 aliphatic rings. The van der Waals surface area contributed by atoms with Crippen molar-refractivity contribution in [2.45, 2.75) is 26.3 Å². The maximum absolute atomic E-state index is 8.78. The largest absolute Gasteiger partial charge is 0.325 e. The molecule has 15 heavy (non-hydrogen) atoms. The summed E-state index contributed by atoms with van der Waals surface area (Å²) in [6.45, 7) is 6.39. The number of aromatic nitrogens is 2. The summed E-state index contributed by atoms with van der Waals surface area (Å²) in [6, 6.07) is 7.71. The Morgan fingerprint density at radius 1 is 1.33 bits per heavy atom. The zero-order valence-corrected chi connectivity index (χ0v) is 9.15. The number of hydrogen-bond acceptors (Lipinski definition) is 2. The van der Waals surface area contributed by atoms with Gasteiger partial charge < -0.3 is 4.57 Å². The maximum atomic E-state index is 8.78. The van der Waals surface area contributed by atoms with Crippen molar-refractivity contribution in [3.05, 3.63) is 30.1 Å². The molecule has 0 bridgehead atoms. The van der Waals surface area contributed by atoms with Crippen LogP contribution >= 0.6 is 0 Å². The number of imidazole rings is 1. The zero-order chi connectivity index (χ0) is 11.1. The van der Waals surface area contributed by atoms with Crippen LogP contribution in [-0.2, 0) is 5.54 Å². The molecule has 0 radical (unpaired) electrons. The van der Waals surface area contributed by atoms with E-state index >= 15 is 0 Å². The monoisotopic (exact) mass is 199 g/mol. The third-order valence-electron chi connectivity index (χ3n) is 2.40. The molecule has 0 spiro atoms. The van der Waals surface area contributed by atoms with Gasteiger partial charge in [0, 0.05) is 5.54 Å². The van der Waals surface area contributed by atoms with Gasteiger partial charge in [-0.1, -0.05) is 0 Å². The minimum absolute atomic E-state index is 0.0168. The van der Waals surface area contributed by atoms with Crippen molar-refractivity contribution < 1.29 is 0 Å². The summed E-state index contributed by atoms with van der Waals surface area (Å²) in [4.78, 5) is 4.31. The Balaban J connectivity index is 2.69. The van der Waals surface area contributed by atoms with Crippen molar-refractivity contribution in [1.82, 2.24) is 9.55 Å². The summed E-state index contributed by atoms with van der Waals surface area (Å²) in [6.07, 6.45) is 1.83. The summed E-state index contributed by atoms with van der Waals surface area (Å²) < 4.78 is 2.11. The topological polar surface area (TPSA) is 41.6 Å². The average Bonchev–Trinajstić information content (AvgIpc) is 2.59. The van der Waals surface area contributed by atoms with E-state index in [1.165, 1.54) is 0 Å². The van der Waals surface area contributed by atoms with Crippen LogP contribution in [0.3, 0.4) is 0 Å². The number of benzene rings is 1. The van der Waals surface area contributed by atoms with Gasteiger partial charge in [-0.05, 0) is 39.0 Å². The Labute approximate surface area is 89.0 Å². The van der Waals surface area contributed by atoms with Gasteiger partial charge >= 0.3 is 0 Å². The lowest BCUT2D eigenvalue weighted by Crippen LogP contribution is -2.20. The second-order valence-corrected chi connectivity index (χ2v) is 4.60. The van der Waals surface area contributed by atoms with Crippen molar-refractivity contribution in [2.24, 2.45) is 0 Å². The minimum atomic E-state index is 0.0168. The first-order valence-electron chi connectivity index (χ1n) is 4.90. The number of hydrogen-bond donors (Lipinski definition) is 0. The summed E-state index contributed by atoms with van der Waals surface area (Å²) in [5.41, 5.74) is 2.62. The van der Waals surface area contributed by atoms with Crippen LogP contribution in [0, 0.1) is 11.3 Å². The summed E-state index contributed by atoms with van der Waals surface area (Å²) in [7, 11) is 0. The maximum Gasteiger partial charge on any atom is 0.0992 e. The van der Waals surface area contributed by atoms with Gasteiger partial charge in [-0.2, -0.15) is 5.26 Å². The lowest BCUT2D eigenvalue weighted by molar-refractivity contribution is 0.408. The molecule has 0 saturated carbocycles. The van der Waals surface area contributed by atoms with Gasteiger partial charge in [0.25, 0.3) is 0 Å². The van der Waals surface area contributed by atoms with Crippen LogP contribution in [0.25, 0.3) is 11.0 Å². The predicted octanol–water partition coefficient (Wildman–Crippen LogP) is 2.66. The highest BCUT2D eigenvalue weighted by Crippen LogP contribution is 2.22. The third kappa shape index (κ3) is 1.59. The molecule has 0 unspecified atom stereocenters. The Kier molecular flexibility index (Phi) is 2.01. The average molecular weight is 199 g/mol. The quantitative estimate of drug-likeness (QED) is 0.654. The fraction of sp³-hybridized carbons (Fsp3) is 0.333. The van der Waals surface area contributed by atoms with Crippen molar-refractivity contribution in [3.8, 4) is 6.07 Å². The fourth-order valence-electron chi connectivity index (χ4n) is 1.62. The highest BCUT2D eigenvalue weighted by molar-refractivity contribution is 5.77. The molecule has 0 N–H and O–H groups in total. The molecule has 1 heterocycles. The van der Waals surface area contributed by atoms with Gasteiger partial charge in [-0.25, -0.2) is 4.98 Å². The third-order valence-corrected chi connectivity index (χ3v) is 2.40. The van der Waals surface area contributed by atoms with Gasteiger partial charge in [-0.15, -0.1) is 0 Å². The normalized spacial score (nSPS) is 11.6. The summed E-state index contributed by atoms with van der Waals surface area (Å²) in [5, 5.41) is 8.78. The van der Waals surface area contributed by atoms with Crippen LogP contribution in [0.2, 0.25) is 0 Å². The van der Waals surface area contributed by atoms with E-state index in [4.69, 9.17) is 5.26 Å². The Hall–Kier alpha value is -1.82. The van der Waals surface area contributed by atoms with E-state index in [1.807, 2.05) is 24.5 Å². The van der Waals surface area contributed by atoms with E-state index in [1.54, 1.807) is 0 Å². The first-order valence-corrected chi connectivity index (χ1v) is 4.90. The zero-order valence-electron chi connectivity index (χ0n) is 9.15. The van der Waals surface area contributed by atoms with Crippen molar-refractivity contribution >= 4 is 11.0 Å². The van der Waals surface area contributed by atoms with Crippen LogP contribution in [-0.4, -0.2) is 9.55 Å². The smallest absolute Gasteiger partial charge is 0.0992 e. The van der Waals surface area contributed by atoms with Gasteiger partial charge in [-0.3, -0.25) is 0 Å². The molecule has 0 fully saturated rings. The Bertz CT molecular complexity index is 538. The highest BCUT2D eigenvalue weighted by Gasteiger charge is 2.15. The molecular weight excluding hydrogens is 186 g/mol. The van der Waals surface area contributed by atoms with Gasteiger partial charge in [0.15, 0.2) is 0 Å². The molecule has 0 aliphatic carbocycles. The molecule has 2 rings (SSSR count). The number of fused-ring (bicyclic) bond motifs is 1. The first-order chi connectivity index (χ1) is 7.02. The number of rotatable bonds is 0. The van der Waals surface area contributed by atoms with E-state index in [0.29, 0.717) is 5.56 Å². The summed E-state index contributed by atoms with van der Waals surface area (Å²) in [5.74, 6) is 0. The molecule has 0 aliphatic heterocycles. The van der Waals surface area contributed by atoms with Crippen LogP contribution in [0.4, 0.5) is 0 Å². The van der Waals surface area contributed by atoms with Crippen LogP contribution in [0.1, 0.15) is 26.3 Å². The number of nitrogens with zero attached hydrogens (tertiary/aromatic N) is 3. The minimum Gasteiger partial charge on any atom is -0.325 e. The molecule has 0 amide bonds. The van der Waals surface area contributed by atoms with Gasteiger partial charge in [0.1, 0.15) is 0 Å². The van der Waals surface area contributed by atoms with Gasteiger partial charge in [0.2, 0.25) is 0 Å². The van der Waals surface area contributed by atoms with Gasteiger partial charge in [0.05, 0.1) is 29.0 Å². The summed E-state index contributed by atoms with van der Waals surface area (Å²) >= 11 is 0. The molecule has 3 nitrogen and oxygen atoms in total. The highest BCUT2D eigenvalue weighted by atomic mass is 15.1. The van der Waals surface area contributed by atoms with Crippen molar-refractivity contribution in [3.63, 3.8) is 0 Å². The van der Waals surface area contributed by atoms with E-state index < -0.39 is 0 Å². The van der Waals surface area contributed by atoms with E-state index in [0.717, 1.165) is 11.0 Å². The molecule has 76 valence electrons. The van der Waals surface area contributed by atoms with E-state index in [2.05, 4.69) is 36.4 Å². The first kappa shape index (κ1) is 9.72. The van der Waals surface area contributed by atoms with E-state index in [9.17, 15) is 0 Å². The molecule has 3 heteroatoms. The molecule has 1 aromatic heterocycles. The molecule has 2 aromatic rings. The standard InChI is InChI=1S/C12H13N3/c1-12(2,3)15-8-14-10-6-9(7-13)4-5-11(10)15/h4-6,8H,1-3H3. The lowest BCUT2D eigenvalue weighted by Gasteiger charge is -2.21. The molecule has 0 saturated heterocycles. The fourth-order valence-corrected chi connectivity index (χ4v) is 1.62. The second-order valence-electron chi connectivity index (χ2n) is 4.60. The second kappa shape index (κ2) is 3.09. The SMILES string of the molecule is CC(C)(C)n1cnc2cc(C#N)ccc21. The Morgan fingerprint density at radius 2 is 2.07 bits per heavy atom. The molecular formula is C12H13N3. The van der Waals surface area contributed by atoms with Crippen LogP contribution < -0.4 is 0 Å². The van der Waals surface area contributed by atoms with Crippen molar-refractivity contribution in [2.75, 3.05) is 0 Å². The van der Waals surface area contributed by atoms with Crippen molar-refractivity contribution in [1.29, 1.82) is 5.26 Å². The lowest BCUT2D eigenvalue weighted by atomic mass is 10.1. The van der Waals surface area contributed by atoms with Crippen LogP contribution in [0.15, 0.2) is 24.5 Å².